The van der Waals surface area contributed by atoms with Gasteiger partial charge in [-0.2, -0.15) is 0 Å². The van der Waals surface area contributed by atoms with Crippen molar-refractivity contribution in [3.63, 3.8) is 0 Å². The number of carbonyl (C=O) groups is 3. The second kappa shape index (κ2) is 17.7. The summed E-state index contributed by atoms with van der Waals surface area (Å²) < 4.78 is 10.0. The Hall–Kier alpha value is -3.71. The van der Waals surface area contributed by atoms with Crippen molar-refractivity contribution in [1.82, 2.24) is 21.3 Å². The molecule has 0 aromatic heterocycles. The standard InChI is InChI=1S/C33H50N4O8/c1-32(2,3)28(37-30(42)44-6)29(41)35-24(17-22-13-9-7-10-14-22)26(39)19-34-20-27(40)25(18-23-15-11-8-12-16-23)36-31(43)45-33(4,5)21-38/h7-16,24-28,34,38-40H,17-21H2,1-6H3,(H,35,41)(H,36,43)(H,37,42)/t24-,25-,26+,27+,28+/m0/s1. The minimum Gasteiger partial charge on any atom is -0.453 e. The van der Waals surface area contributed by atoms with Gasteiger partial charge in [0.25, 0.3) is 0 Å². The number of ether oxygens (including phenoxy) is 2. The molecule has 7 N–H and O–H groups in total. The molecular formula is C33H50N4O8. The Kier molecular flexibility index (Phi) is 14.7. The fourth-order valence-corrected chi connectivity index (χ4v) is 4.55. The average molecular weight is 631 g/mol. The molecule has 0 bridgehead atoms. The molecule has 0 radical (unpaired) electrons. The number of rotatable bonds is 16. The summed E-state index contributed by atoms with van der Waals surface area (Å²) in [7, 11) is 1.22. The van der Waals surface area contributed by atoms with Crippen LogP contribution in [0.4, 0.5) is 9.59 Å². The van der Waals surface area contributed by atoms with E-state index in [1.807, 2.05) is 60.7 Å². The minimum atomic E-state index is -1.11. The van der Waals surface area contributed by atoms with Gasteiger partial charge in [0.1, 0.15) is 11.6 Å². The monoisotopic (exact) mass is 630 g/mol. The molecule has 2 rings (SSSR count). The molecule has 0 fully saturated rings. The molecule has 5 atom stereocenters. The maximum absolute atomic E-state index is 13.4. The van der Waals surface area contributed by atoms with Crippen LogP contribution in [0, 0.1) is 5.41 Å². The molecule has 0 heterocycles. The van der Waals surface area contributed by atoms with Crippen molar-refractivity contribution in [1.29, 1.82) is 0 Å². The Morgan fingerprint density at radius 3 is 1.62 bits per heavy atom. The highest BCUT2D eigenvalue weighted by molar-refractivity contribution is 5.86. The highest BCUT2D eigenvalue weighted by atomic mass is 16.6. The number of methoxy groups -OCH3 is 1. The predicted molar refractivity (Wildman–Crippen MR) is 170 cm³/mol. The van der Waals surface area contributed by atoms with Crippen LogP contribution in [0.15, 0.2) is 60.7 Å². The molecular weight excluding hydrogens is 580 g/mol. The van der Waals surface area contributed by atoms with Gasteiger partial charge in [0.05, 0.1) is 38.0 Å². The van der Waals surface area contributed by atoms with Crippen LogP contribution < -0.4 is 21.3 Å². The van der Waals surface area contributed by atoms with Gasteiger partial charge in [-0.1, -0.05) is 81.4 Å². The van der Waals surface area contributed by atoms with Gasteiger partial charge in [-0.05, 0) is 43.2 Å². The number of carbonyl (C=O) groups excluding carboxylic acids is 3. The van der Waals surface area contributed by atoms with Crippen molar-refractivity contribution in [2.24, 2.45) is 5.41 Å². The van der Waals surface area contributed by atoms with E-state index in [4.69, 9.17) is 9.47 Å². The van der Waals surface area contributed by atoms with E-state index in [0.717, 1.165) is 11.1 Å². The van der Waals surface area contributed by atoms with Gasteiger partial charge < -0.3 is 46.1 Å². The number of nitrogens with one attached hydrogen (secondary N) is 4. The van der Waals surface area contributed by atoms with Crippen LogP contribution in [-0.2, 0) is 27.1 Å². The summed E-state index contributed by atoms with van der Waals surface area (Å²) in [6, 6.07) is 16.2. The van der Waals surface area contributed by atoms with Gasteiger partial charge in [0.2, 0.25) is 5.91 Å². The van der Waals surface area contributed by atoms with Crippen LogP contribution in [0.3, 0.4) is 0 Å². The topological polar surface area (TPSA) is 178 Å². The van der Waals surface area contributed by atoms with Crippen LogP contribution in [-0.4, -0.2) is 96.2 Å². The lowest BCUT2D eigenvalue weighted by Gasteiger charge is -2.33. The van der Waals surface area contributed by atoms with Crippen molar-refractivity contribution in [3.05, 3.63) is 71.8 Å². The summed E-state index contributed by atoms with van der Waals surface area (Å²) >= 11 is 0. The first-order valence-corrected chi connectivity index (χ1v) is 15.0. The highest BCUT2D eigenvalue weighted by Crippen LogP contribution is 2.20. The summed E-state index contributed by atoms with van der Waals surface area (Å²) in [6.07, 6.45) is -3.10. The van der Waals surface area contributed by atoms with Crippen molar-refractivity contribution >= 4 is 18.1 Å². The number of hydrogen-bond donors (Lipinski definition) is 7. The summed E-state index contributed by atoms with van der Waals surface area (Å²) in [5.74, 6) is -0.482. The van der Waals surface area contributed by atoms with Crippen molar-refractivity contribution in [3.8, 4) is 0 Å². The molecule has 12 nitrogen and oxygen atoms in total. The Morgan fingerprint density at radius 2 is 1.20 bits per heavy atom. The fourth-order valence-electron chi connectivity index (χ4n) is 4.55. The Bertz CT molecular complexity index is 1190. The second-order valence-electron chi connectivity index (χ2n) is 12.8. The van der Waals surface area contributed by atoms with E-state index >= 15 is 0 Å². The highest BCUT2D eigenvalue weighted by Gasteiger charge is 2.35. The van der Waals surface area contributed by atoms with Crippen LogP contribution in [0.1, 0.15) is 45.7 Å². The van der Waals surface area contributed by atoms with E-state index in [0.29, 0.717) is 12.8 Å². The molecule has 0 aliphatic heterocycles. The third kappa shape index (κ3) is 13.4. The molecule has 250 valence electrons. The Balaban J connectivity index is 2.14. The number of hydrogen-bond acceptors (Lipinski definition) is 9. The SMILES string of the molecule is COC(=O)N[C@H](C(=O)N[C@@H](Cc1ccccc1)[C@H](O)CNC[C@@H](O)[C@H](Cc1ccccc1)NC(=O)OC(C)(C)CO)C(C)(C)C. The Labute approximate surface area is 265 Å². The van der Waals surface area contributed by atoms with Crippen molar-refractivity contribution < 1.29 is 39.2 Å². The third-order valence-corrected chi connectivity index (χ3v) is 7.19. The zero-order chi connectivity index (χ0) is 33.6. The first-order chi connectivity index (χ1) is 21.1. The normalized spacial score (nSPS) is 15.1. The minimum absolute atomic E-state index is 0.000494. The fraction of sp³-hybridized carbons (Fsp3) is 0.545. The number of aliphatic hydroxyl groups is 3. The summed E-state index contributed by atoms with van der Waals surface area (Å²) in [5.41, 5.74) is -0.00269. The lowest BCUT2D eigenvalue weighted by molar-refractivity contribution is -0.127. The third-order valence-electron chi connectivity index (χ3n) is 7.19. The predicted octanol–water partition coefficient (Wildman–Crippen LogP) is 1.90. The van der Waals surface area contributed by atoms with E-state index in [9.17, 15) is 29.7 Å². The van der Waals surface area contributed by atoms with Crippen molar-refractivity contribution in [2.45, 2.75) is 83.4 Å². The molecule has 3 amide bonds. The smallest absolute Gasteiger partial charge is 0.408 e. The molecule has 0 unspecified atom stereocenters. The molecule has 2 aromatic rings. The lowest BCUT2D eigenvalue weighted by Crippen LogP contribution is -2.58. The van der Waals surface area contributed by atoms with Crippen LogP contribution in [0.5, 0.6) is 0 Å². The number of aliphatic hydroxyl groups excluding tert-OH is 3. The molecule has 0 saturated carbocycles. The summed E-state index contributed by atoms with van der Waals surface area (Å²) in [5, 5.41) is 43.0. The molecule has 45 heavy (non-hydrogen) atoms. The number of benzene rings is 2. The number of alkyl carbamates (subject to hydrolysis) is 2. The zero-order valence-corrected chi connectivity index (χ0v) is 27.1. The lowest BCUT2D eigenvalue weighted by atomic mass is 9.85. The average Bonchev–Trinajstić information content (AvgIpc) is 2.99. The van der Waals surface area contributed by atoms with E-state index in [-0.39, 0.29) is 19.7 Å². The Morgan fingerprint density at radius 1 is 0.733 bits per heavy atom. The maximum Gasteiger partial charge on any atom is 0.408 e. The molecule has 0 aliphatic rings. The molecule has 0 spiro atoms. The van der Waals surface area contributed by atoms with E-state index in [1.165, 1.54) is 7.11 Å². The van der Waals surface area contributed by atoms with Gasteiger partial charge in [0, 0.05) is 13.1 Å². The summed E-state index contributed by atoms with van der Waals surface area (Å²) in [4.78, 5) is 38.0. The largest absolute Gasteiger partial charge is 0.453 e. The second-order valence-corrected chi connectivity index (χ2v) is 12.8. The van der Waals surface area contributed by atoms with Crippen LogP contribution in [0.2, 0.25) is 0 Å². The van der Waals surface area contributed by atoms with E-state index in [1.54, 1.807) is 34.6 Å². The van der Waals surface area contributed by atoms with Gasteiger partial charge in [-0.3, -0.25) is 4.79 Å². The zero-order valence-electron chi connectivity index (χ0n) is 27.1. The first-order valence-electron chi connectivity index (χ1n) is 15.0. The maximum atomic E-state index is 13.4. The van der Waals surface area contributed by atoms with E-state index < -0.39 is 59.4 Å². The van der Waals surface area contributed by atoms with E-state index in [2.05, 4.69) is 21.3 Å². The van der Waals surface area contributed by atoms with Gasteiger partial charge in [-0.15, -0.1) is 0 Å². The molecule has 2 aromatic carbocycles. The van der Waals surface area contributed by atoms with Crippen molar-refractivity contribution in [2.75, 3.05) is 26.8 Å². The molecule has 0 saturated heterocycles. The first kappa shape index (κ1) is 37.5. The number of amides is 3. The molecule has 12 heteroatoms. The molecule has 0 aliphatic carbocycles. The van der Waals surface area contributed by atoms with Crippen LogP contribution in [0.25, 0.3) is 0 Å². The van der Waals surface area contributed by atoms with Gasteiger partial charge in [-0.25, -0.2) is 9.59 Å². The quantitative estimate of drug-likeness (QED) is 0.146. The van der Waals surface area contributed by atoms with Crippen LogP contribution >= 0.6 is 0 Å². The van der Waals surface area contributed by atoms with Gasteiger partial charge in [0.15, 0.2) is 0 Å². The summed E-state index contributed by atoms with van der Waals surface area (Å²) in [6.45, 7) is 8.17. The van der Waals surface area contributed by atoms with Gasteiger partial charge >= 0.3 is 12.2 Å².